The zero-order valence-electron chi connectivity index (χ0n) is 15.4. The van der Waals surface area contributed by atoms with E-state index in [1.807, 2.05) is 43.3 Å². The summed E-state index contributed by atoms with van der Waals surface area (Å²) in [7, 11) is 0. The molecule has 0 spiro atoms. The van der Waals surface area contributed by atoms with Crippen LogP contribution in [-0.2, 0) is 4.74 Å². The Kier molecular flexibility index (Phi) is 5.32. The Morgan fingerprint density at radius 3 is 2.61 bits per heavy atom. The summed E-state index contributed by atoms with van der Waals surface area (Å²) in [4.78, 5) is 14.9. The first-order valence-corrected chi connectivity index (χ1v) is 9.45. The molecule has 1 aliphatic heterocycles. The van der Waals surface area contributed by atoms with Crippen molar-refractivity contribution in [2.24, 2.45) is 0 Å². The van der Waals surface area contributed by atoms with E-state index in [0.717, 1.165) is 29.9 Å². The van der Waals surface area contributed by atoms with Crippen LogP contribution in [-0.4, -0.2) is 37.4 Å². The number of aromatic nitrogens is 1. The Labute approximate surface area is 168 Å². The predicted molar refractivity (Wildman–Crippen MR) is 109 cm³/mol. The maximum absolute atomic E-state index is 12.7. The summed E-state index contributed by atoms with van der Waals surface area (Å²) in [6, 6.07) is 15.0. The number of aryl methyl sites for hydroxylation is 1. The molecule has 0 aliphatic carbocycles. The van der Waals surface area contributed by atoms with E-state index in [1.165, 1.54) is 0 Å². The van der Waals surface area contributed by atoms with Gasteiger partial charge in [0.2, 0.25) is 5.76 Å². The van der Waals surface area contributed by atoms with E-state index < -0.39 is 0 Å². The molecule has 1 amide bonds. The topological polar surface area (TPSA) is 67.6 Å². The molecule has 4 rings (SSSR count). The second kappa shape index (κ2) is 8.04. The van der Waals surface area contributed by atoms with Crippen LogP contribution in [0.4, 0.5) is 11.4 Å². The fraction of sp³-hybridized carbons (Fsp3) is 0.238. The lowest BCUT2D eigenvalue weighted by atomic mass is 10.1. The van der Waals surface area contributed by atoms with E-state index in [2.05, 4.69) is 15.4 Å². The molecule has 0 saturated carbocycles. The number of hydrogen-bond donors (Lipinski definition) is 1. The van der Waals surface area contributed by atoms with Crippen molar-refractivity contribution in [3.05, 3.63) is 64.9 Å². The summed E-state index contributed by atoms with van der Waals surface area (Å²) in [5, 5.41) is 7.47. The van der Waals surface area contributed by atoms with Crippen LogP contribution in [0, 0.1) is 6.92 Å². The van der Waals surface area contributed by atoms with E-state index in [4.69, 9.17) is 20.9 Å². The lowest BCUT2D eigenvalue weighted by molar-refractivity contribution is 0.0988. The first-order chi connectivity index (χ1) is 13.6. The molecule has 1 fully saturated rings. The van der Waals surface area contributed by atoms with E-state index >= 15 is 0 Å². The normalized spacial score (nSPS) is 14.1. The summed E-state index contributed by atoms with van der Waals surface area (Å²) in [6.45, 7) is 4.83. The lowest BCUT2D eigenvalue weighted by Gasteiger charge is -2.30. The van der Waals surface area contributed by atoms with Gasteiger partial charge in [0, 0.05) is 29.7 Å². The van der Waals surface area contributed by atoms with Gasteiger partial charge >= 0.3 is 0 Å². The molecule has 0 bridgehead atoms. The summed E-state index contributed by atoms with van der Waals surface area (Å²) in [5.74, 6) is -0.230. The minimum Gasteiger partial charge on any atom is -0.378 e. The van der Waals surface area contributed by atoms with Crippen LogP contribution in [0.3, 0.4) is 0 Å². The largest absolute Gasteiger partial charge is 0.378 e. The quantitative estimate of drug-likeness (QED) is 0.707. The summed E-state index contributed by atoms with van der Waals surface area (Å²) < 4.78 is 10.7. The summed E-state index contributed by atoms with van der Waals surface area (Å²) in [5.41, 5.74) is 4.20. The van der Waals surface area contributed by atoms with Crippen LogP contribution in [0.25, 0.3) is 11.3 Å². The molecule has 1 aromatic heterocycles. The van der Waals surface area contributed by atoms with Gasteiger partial charge in [-0.15, -0.1) is 0 Å². The third-order valence-electron chi connectivity index (χ3n) is 4.64. The number of anilines is 2. The van der Waals surface area contributed by atoms with Crippen molar-refractivity contribution >= 4 is 28.9 Å². The zero-order chi connectivity index (χ0) is 19.5. The molecule has 1 saturated heterocycles. The van der Waals surface area contributed by atoms with E-state index in [9.17, 15) is 4.79 Å². The number of nitrogens with zero attached hydrogens (tertiary/aromatic N) is 2. The number of nitrogens with one attached hydrogen (secondary N) is 1. The van der Waals surface area contributed by atoms with Crippen molar-refractivity contribution < 1.29 is 14.1 Å². The highest BCUT2D eigenvalue weighted by Crippen LogP contribution is 2.30. The molecule has 6 nitrogen and oxygen atoms in total. The SMILES string of the molecule is Cc1ccc(-c2cc(C(=O)Nc3cc(Cl)ccc3N3CCOCC3)on2)cc1. The van der Waals surface area contributed by atoms with Gasteiger partial charge < -0.3 is 19.5 Å². The fourth-order valence-electron chi connectivity index (χ4n) is 3.11. The Hall–Kier alpha value is -2.83. The third kappa shape index (κ3) is 4.03. The molecular weight excluding hydrogens is 378 g/mol. The van der Waals surface area contributed by atoms with Crippen LogP contribution in [0.5, 0.6) is 0 Å². The maximum atomic E-state index is 12.7. The van der Waals surface area contributed by atoms with Gasteiger partial charge in [0.1, 0.15) is 5.69 Å². The number of amides is 1. The molecule has 144 valence electrons. The number of rotatable bonds is 4. The van der Waals surface area contributed by atoms with Crippen molar-refractivity contribution in [3.63, 3.8) is 0 Å². The number of carbonyl (C=O) groups excluding carboxylic acids is 1. The molecule has 2 aromatic carbocycles. The van der Waals surface area contributed by atoms with Gasteiger partial charge in [-0.2, -0.15) is 0 Å². The highest BCUT2D eigenvalue weighted by Gasteiger charge is 2.19. The van der Waals surface area contributed by atoms with Crippen molar-refractivity contribution in [1.29, 1.82) is 0 Å². The van der Waals surface area contributed by atoms with Gasteiger partial charge in [-0.1, -0.05) is 46.6 Å². The zero-order valence-corrected chi connectivity index (χ0v) is 16.2. The second-order valence-corrected chi connectivity index (χ2v) is 7.09. The Morgan fingerprint density at radius 1 is 1.11 bits per heavy atom. The number of benzene rings is 2. The monoisotopic (exact) mass is 397 g/mol. The number of halogens is 1. The van der Waals surface area contributed by atoms with E-state index in [-0.39, 0.29) is 11.7 Å². The summed E-state index contributed by atoms with van der Waals surface area (Å²) >= 11 is 6.15. The smallest absolute Gasteiger partial charge is 0.294 e. The second-order valence-electron chi connectivity index (χ2n) is 6.66. The van der Waals surface area contributed by atoms with Gasteiger partial charge in [0.15, 0.2) is 0 Å². The standard InChI is InChI=1S/C21H20ClN3O3/c1-14-2-4-15(5-3-14)17-13-20(28-24-17)21(26)23-18-12-16(22)6-7-19(18)25-8-10-27-11-9-25/h2-7,12-13H,8-11H2,1H3,(H,23,26). The average molecular weight is 398 g/mol. The fourth-order valence-corrected chi connectivity index (χ4v) is 3.29. The molecule has 0 atom stereocenters. The van der Waals surface area contributed by atoms with Crippen LogP contribution < -0.4 is 10.2 Å². The summed E-state index contributed by atoms with van der Waals surface area (Å²) in [6.07, 6.45) is 0. The Bertz CT molecular complexity index is 979. The van der Waals surface area contributed by atoms with Crippen molar-refractivity contribution in [1.82, 2.24) is 5.16 Å². The molecule has 1 N–H and O–H groups in total. The minimum atomic E-state index is -0.373. The first-order valence-electron chi connectivity index (χ1n) is 9.07. The molecule has 7 heteroatoms. The predicted octanol–water partition coefficient (Wildman–Crippen LogP) is 4.39. The van der Waals surface area contributed by atoms with E-state index in [0.29, 0.717) is 29.6 Å². The third-order valence-corrected chi connectivity index (χ3v) is 4.87. The van der Waals surface area contributed by atoms with Gasteiger partial charge in [0.05, 0.1) is 24.6 Å². The molecule has 0 unspecified atom stereocenters. The van der Waals surface area contributed by atoms with Gasteiger partial charge in [-0.3, -0.25) is 4.79 Å². The molecule has 2 heterocycles. The van der Waals surface area contributed by atoms with Gasteiger partial charge in [-0.25, -0.2) is 0 Å². The molecule has 3 aromatic rings. The van der Waals surface area contributed by atoms with Gasteiger partial charge in [-0.05, 0) is 25.1 Å². The number of morpholine rings is 1. The number of hydrogen-bond acceptors (Lipinski definition) is 5. The van der Waals surface area contributed by atoms with Crippen molar-refractivity contribution in [2.75, 3.05) is 36.5 Å². The molecule has 0 radical (unpaired) electrons. The maximum Gasteiger partial charge on any atom is 0.294 e. The first kappa shape index (κ1) is 18.5. The molecule has 28 heavy (non-hydrogen) atoms. The van der Waals surface area contributed by atoms with Crippen molar-refractivity contribution in [3.8, 4) is 11.3 Å². The van der Waals surface area contributed by atoms with E-state index in [1.54, 1.807) is 12.1 Å². The lowest BCUT2D eigenvalue weighted by Crippen LogP contribution is -2.36. The highest BCUT2D eigenvalue weighted by atomic mass is 35.5. The van der Waals surface area contributed by atoms with Crippen LogP contribution in [0.2, 0.25) is 5.02 Å². The molecular formula is C21H20ClN3O3. The number of ether oxygens (including phenoxy) is 1. The Morgan fingerprint density at radius 2 is 1.86 bits per heavy atom. The van der Waals surface area contributed by atoms with Crippen LogP contribution in [0.1, 0.15) is 16.1 Å². The number of carbonyl (C=O) groups is 1. The van der Waals surface area contributed by atoms with Crippen LogP contribution in [0.15, 0.2) is 53.1 Å². The Balaban J connectivity index is 1.55. The average Bonchev–Trinajstić information content (AvgIpc) is 3.20. The molecule has 1 aliphatic rings. The highest BCUT2D eigenvalue weighted by molar-refractivity contribution is 6.31. The minimum absolute atomic E-state index is 0.142. The van der Waals surface area contributed by atoms with Crippen LogP contribution >= 0.6 is 11.6 Å². The van der Waals surface area contributed by atoms with Gasteiger partial charge in [0.25, 0.3) is 5.91 Å². The van der Waals surface area contributed by atoms with Crippen molar-refractivity contribution in [2.45, 2.75) is 6.92 Å².